The van der Waals surface area contributed by atoms with Crippen molar-refractivity contribution in [1.82, 2.24) is 10.3 Å². The summed E-state index contributed by atoms with van der Waals surface area (Å²) in [6.45, 7) is 0. The van der Waals surface area contributed by atoms with Crippen molar-refractivity contribution in [3.8, 4) is 22.3 Å². The number of furan rings is 2. The van der Waals surface area contributed by atoms with E-state index >= 15 is 0 Å². The minimum Gasteiger partial charge on any atom is -0.456 e. The number of hydrogen-bond donors (Lipinski definition) is 1. The molecule has 1 atom stereocenters. The molecule has 1 N–H and O–H groups in total. The van der Waals surface area contributed by atoms with E-state index in [2.05, 4.69) is 119 Å². The fourth-order valence-corrected chi connectivity index (χ4v) is 7.96. The predicted octanol–water partition coefficient (Wildman–Crippen LogP) is 11.9. The summed E-state index contributed by atoms with van der Waals surface area (Å²) in [5.41, 5.74) is 10.7. The summed E-state index contributed by atoms with van der Waals surface area (Å²) in [6.07, 6.45) is 1.43. The van der Waals surface area contributed by atoms with Gasteiger partial charge in [-0.25, -0.2) is 15.0 Å². The van der Waals surface area contributed by atoms with E-state index in [1.54, 1.807) is 6.20 Å². The van der Waals surface area contributed by atoms with Gasteiger partial charge >= 0.3 is 0 Å². The van der Waals surface area contributed by atoms with Crippen LogP contribution in [0.25, 0.3) is 77.0 Å². The van der Waals surface area contributed by atoms with Gasteiger partial charge in [0.2, 0.25) is 5.71 Å². The van der Waals surface area contributed by atoms with Crippen molar-refractivity contribution in [3.63, 3.8) is 0 Å². The Kier molecular flexibility index (Phi) is 6.82. The molecule has 0 aliphatic carbocycles. The molecule has 7 aromatic carbocycles. The van der Waals surface area contributed by atoms with Crippen LogP contribution in [0.5, 0.6) is 0 Å². The second-order valence-electron chi connectivity index (χ2n) is 13.6. The van der Waals surface area contributed by atoms with Gasteiger partial charge < -0.3 is 14.2 Å². The van der Waals surface area contributed by atoms with Crippen LogP contribution in [0.15, 0.2) is 189 Å². The topological polar surface area (TPSA) is 75.9 Å². The lowest BCUT2D eigenvalue weighted by molar-refractivity contribution is 0.654. The molecule has 6 nitrogen and oxygen atoms in total. The third kappa shape index (κ3) is 4.85. The molecule has 0 saturated heterocycles. The first-order chi connectivity index (χ1) is 26.8. The number of nitrogens with zero attached hydrogens (tertiary/aromatic N) is 3. The number of fused-ring (bicyclic) bond motifs is 7. The second-order valence-corrected chi connectivity index (χ2v) is 13.6. The smallest absolute Gasteiger partial charge is 0.228 e. The highest BCUT2D eigenvalue weighted by molar-refractivity contribution is 6.21. The molecule has 0 spiro atoms. The van der Waals surface area contributed by atoms with Gasteiger partial charge in [-0.1, -0.05) is 140 Å². The minimum absolute atomic E-state index is 0.331. The van der Waals surface area contributed by atoms with E-state index in [9.17, 15) is 0 Å². The van der Waals surface area contributed by atoms with Gasteiger partial charge in [0, 0.05) is 33.5 Å². The zero-order valence-electron chi connectivity index (χ0n) is 28.9. The molecule has 6 heteroatoms. The van der Waals surface area contributed by atoms with E-state index in [0.29, 0.717) is 11.5 Å². The number of nitrogens with one attached hydrogen (secondary N) is 1. The number of benzene rings is 7. The molecule has 1 unspecified atom stereocenters. The molecule has 254 valence electrons. The first kappa shape index (κ1) is 30.3. The summed E-state index contributed by atoms with van der Waals surface area (Å²) in [7, 11) is 0. The summed E-state index contributed by atoms with van der Waals surface area (Å²) in [5.74, 6) is 1.38. The average Bonchev–Trinajstić information content (AvgIpc) is 3.82. The van der Waals surface area contributed by atoms with Gasteiger partial charge in [0.05, 0.1) is 5.39 Å². The third-order valence-electron chi connectivity index (χ3n) is 10.5. The SMILES string of the molecule is c1ccc(C2N=C(c3ccnc4oc5ccccc5c34)N=C(c3ccc(-c4cccc5c(-c6cccc7oc8ccccc8c67)cccc45)cc3)N2)cc1. The van der Waals surface area contributed by atoms with Crippen LogP contribution < -0.4 is 5.32 Å². The molecule has 0 radical (unpaired) electrons. The highest BCUT2D eigenvalue weighted by atomic mass is 16.3. The Hall–Kier alpha value is -7.31. The third-order valence-corrected chi connectivity index (χ3v) is 10.5. The lowest BCUT2D eigenvalue weighted by Gasteiger charge is -2.24. The number of aliphatic imine (C=N–C) groups is 2. The van der Waals surface area contributed by atoms with Gasteiger partial charge in [-0.3, -0.25) is 0 Å². The number of aromatic nitrogens is 1. The Balaban J connectivity index is 1.01. The first-order valence-electron chi connectivity index (χ1n) is 18.0. The molecular formula is C48H30N4O2. The first-order valence-corrected chi connectivity index (χ1v) is 18.0. The van der Waals surface area contributed by atoms with Crippen molar-refractivity contribution in [2.45, 2.75) is 6.17 Å². The van der Waals surface area contributed by atoms with Gasteiger partial charge in [-0.05, 0) is 62.9 Å². The molecule has 0 saturated carbocycles. The Bertz CT molecular complexity index is 3140. The number of pyridine rings is 1. The molecule has 0 bridgehead atoms. The summed E-state index contributed by atoms with van der Waals surface area (Å²) >= 11 is 0. The van der Waals surface area contributed by atoms with Crippen molar-refractivity contribution in [2.24, 2.45) is 9.98 Å². The van der Waals surface area contributed by atoms with Crippen molar-refractivity contribution in [3.05, 3.63) is 187 Å². The number of para-hydroxylation sites is 2. The van der Waals surface area contributed by atoms with Crippen LogP contribution in [0.3, 0.4) is 0 Å². The molecule has 10 aromatic rings. The lowest BCUT2D eigenvalue weighted by atomic mass is 9.91. The number of rotatable bonds is 5. The van der Waals surface area contributed by atoms with Crippen molar-refractivity contribution < 1.29 is 8.83 Å². The Morgan fingerprint density at radius 1 is 0.444 bits per heavy atom. The number of amidine groups is 2. The van der Waals surface area contributed by atoms with Gasteiger partial charge in [0.1, 0.15) is 28.8 Å². The minimum atomic E-state index is -0.331. The zero-order chi connectivity index (χ0) is 35.6. The van der Waals surface area contributed by atoms with Crippen LogP contribution in [0.1, 0.15) is 22.9 Å². The largest absolute Gasteiger partial charge is 0.456 e. The summed E-state index contributed by atoms with van der Waals surface area (Å²) in [6, 6.07) is 56.6. The molecule has 0 fully saturated rings. The summed E-state index contributed by atoms with van der Waals surface area (Å²) in [5, 5.41) is 10.2. The molecule has 11 rings (SSSR count). The monoisotopic (exact) mass is 694 g/mol. The zero-order valence-corrected chi connectivity index (χ0v) is 28.9. The van der Waals surface area contributed by atoms with Gasteiger partial charge in [-0.2, -0.15) is 0 Å². The highest BCUT2D eigenvalue weighted by Gasteiger charge is 2.24. The van der Waals surface area contributed by atoms with Crippen LogP contribution in [-0.4, -0.2) is 16.7 Å². The van der Waals surface area contributed by atoms with Crippen LogP contribution in [-0.2, 0) is 0 Å². The van der Waals surface area contributed by atoms with Crippen LogP contribution in [0.4, 0.5) is 0 Å². The Morgan fingerprint density at radius 3 is 1.87 bits per heavy atom. The van der Waals surface area contributed by atoms with E-state index in [-0.39, 0.29) is 6.17 Å². The highest BCUT2D eigenvalue weighted by Crippen LogP contribution is 2.41. The molecule has 1 aliphatic rings. The molecule has 1 aliphatic heterocycles. The van der Waals surface area contributed by atoms with E-state index < -0.39 is 0 Å². The maximum absolute atomic E-state index is 6.25. The van der Waals surface area contributed by atoms with E-state index in [4.69, 9.17) is 18.8 Å². The maximum Gasteiger partial charge on any atom is 0.228 e. The Morgan fingerprint density at radius 2 is 1.06 bits per heavy atom. The van der Waals surface area contributed by atoms with E-state index in [0.717, 1.165) is 71.9 Å². The van der Waals surface area contributed by atoms with Gasteiger partial charge in [0.15, 0.2) is 5.84 Å². The standard InChI is InChI=1S/C48H30N4O2/c1-2-11-30(12-3-1)45-50-46(52-47(51-45)39-27-28-49-48-44(39)38-14-5-7-21-41(38)54-48)31-25-23-29(24-26-31)32-15-8-17-34-33(32)16-9-18-35(34)36-19-10-22-42-43(36)37-13-4-6-20-40(37)53-42/h1-28,45H,(H,50,51,52). The van der Waals surface area contributed by atoms with E-state index in [1.807, 2.05) is 54.6 Å². The fraction of sp³-hybridized carbons (Fsp3) is 0.0208. The fourth-order valence-electron chi connectivity index (χ4n) is 7.96. The van der Waals surface area contributed by atoms with Gasteiger partial charge in [-0.15, -0.1) is 0 Å². The van der Waals surface area contributed by atoms with E-state index in [1.165, 1.54) is 21.9 Å². The molecular weight excluding hydrogens is 665 g/mol. The second kappa shape index (κ2) is 12.1. The maximum atomic E-state index is 6.25. The predicted molar refractivity (Wildman–Crippen MR) is 219 cm³/mol. The lowest BCUT2D eigenvalue weighted by Crippen LogP contribution is -2.33. The number of hydrogen-bond acceptors (Lipinski definition) is 6. The van der Waals surface area contributed by atoms with Crippen LogP contribution >= 0.6 is 0 Å². The normalized spacial score (nSPS) is 14.5. The molecule has 4 heterocycles. The molecule has 54 heavy (non-hydrogen) atoms. The molecule has 0 amide bonds. The Labute approximate surface area is 309 Å². The molecule has 3 aromatic heterocycles. The summed E-state index contributed by atoms with van der Waals surface area (Å²) in [4.78, 5) is 14.8. The van der Waals surface area contributed by atoms with Crippen LogP contribution in [0, 0.1) is 0 Å². The summed E-state index contributed by atoms with van der Waals surface area (Å²) < 4.78 is 12.4. The quantitative estimate of drug-likeness (QED) is 0.195. The van der Waals surface area contributed by atoms with Gasteiger partial charge in [0.25, 0.3) is 0 Å². The van der Waals surface area contributed by atoms with Crippen molar-refractivity contribution >= 4 is 66.5 Å². The van der Waals surface area contributed by atoms with Crippen molar-refractivity contribution in [2.75, 3.05) is 0 Å². The van der Waals surface area contributed by atoms with Crippen LogP contribution in [0.2, 0.25) is 0 Å². The average molecular weight is 695 g/mol. The van der Waals surface area contributed by atoms with Crippen molar-refractivity contribution in [1.29, 1.82) is 0 Å².